The Kier molecular flexibility index (Phi) is 8.41. The van der Waals surface area contributed by atoms with E-state index in [9.17, 15) is 25.0 Å². The third kappa shape index (κ3) is 6.49. The second kappa shape index (κ2) is 11.7. The number of non-ortho nitro benzene ring substituents is 1. The maximum absolute atomic E-state index is 13.3. The van der Waals surface area contributed by atoms with Gasteiger partial charge in [0.15, 0.2) is 5.78 Å². The minimum absolute atomic E-state index is 0.0672. The third-order valence-corrected chi connectivity index (χ3v) is 7.80. The Bertz CT molecular complexity index is 1410. The van der Waals surface area contributed by atoms with Crippen LogP contribution in [0.15, 0.2) is 70.4 Å². The lowest BCUT2D eigenvalue weighted by Gasteiger charge is -2.39. The highest BCUT2D eigenvalue weighted by Crippen LogP contribution is 2.48. The molecule has 4 rings (SSSR count). The zero-order valence-electron chi connectivity index (χ0n) is 22.1. The fourth-order valence-corrected chi connectivity index (χ4v) is 5.86. The number of nitrogens with one attached hydrogen (secondary N) is 2. The third-order valence-electron chi connectivity index (χ3n) is 6.78. The number of allylic oxidation sites excluding steroid dienone is 3. The van der Waals surface area contributed by atoms with Crippen molar-refractivity contribution in [3.63, 3.8) is 0 Å². The van der Waals surface area contributed by atoms with Gasteiger partial charge in [-0.1, -0.05) is 49.9 Å². The van der Waals surface area contributed by atoms with Crippen molar-refractivity contribution in [2.75, 3.05) is 19.4 Å². The minimum Gasteiger partial charge on any atom is -0.497 e. The number of dihydropyridines is 1. The van der Waals surface area contributed by atoms with E-state index in [2.05, 4.69) is 16.7 Å². The molecule has 0 spiro atoms. The molecule has 39 heavy (non-hydrogen) atoms. The van der Waals surface area contributed by atoms with Crippen molar-refractivity contribution >= 4 is 29.1 Å². The molecule has 1 atom stereocenters. The van der Waals surface area contributed by atoms with Crippen LogP contribution >= 0.6 is 11.8 Å². The summed E-state index contributed by atoms with van der Waals surface area (Å²) in [5.41, 5.74) is 2.63. The Hall–Kier alpha value is -4.10. The van der Waals surface area contributed by atoms with Crippen molar-refractivity contribution in [2.45, 2.75) is 39.0 Å². The first kappa shape index (κ1) is 27.9. The molecule has 1 heterocycles. The van der Waals surface area contributed by atoms with Gasteiger partial charge in [0, 0.05) is 36.4 Å². The Balaban J connectivity index is 1.54. The van der Waals surface area contributed by atoms with Crippen LogP contribution in [-0.2, 0) is 16.0 Å². The number of thioether (sulfide) groups is 1. The lowest BCUT2D eigenvalue weighted by atomic mass is 9.69. The lowest BCUT2D eigenvalue weighted by molar-refractivity contribution is -0.384. The molecule has 9 nitrogen and oxygen atoms in total. The number of hydrogen-bond acceptors (Lipinski definition) is 8. The predicted octanol–water partition coefficient (Wildman–Crippen LogP) is 4.76. The van der Waals surface area contributed by atoms with Gasteiger partial charge in [0.25, 0.3) is 5.69 Å². The monoisotopic (exact) mass is 546 g/mol. The molecule has 1 aliphatic heterocycles. The minimum atomic E-state index is -0.740. The first-order valence-corrected chi connectivity index (χ1v) is 13.5. The number of nitrogens with zero attached hydrogens (tertiary/aromatic N) is 2. The van der Waals surface area contributed by atoms with Crippen molar-refractivity contribution in [1.82, 2.24) is 10.6 Å². The normalized spacial score (nSPS) is 18.1. The van der Waals surface area contributed by atoms with Gasteiger partial charge in [0.1, 0.15) is 5.75 Å². The molecule has 0 radical (unpaired) electrons. The highest BCUT2D eigenvalue weighted by molar-refractivity contribution is 8.03. The smallest absolute Gasteiger partial charge is 0.269 e. The number of nitriles is 1. The Labute approximate surface area is 231 Å². The molecule has 2 N–H and O–H groups in total. The second-order valence-electron chi connectivity index (χ2n) is 10.3. The number of benzene rings is 2. The van der Waals surface area contributed by atoms with Gasteiger partial charge < -0.3 is 15.4 Å². The fraction of sp³-hybridized carbons (Fsp3) is 0.345. The molecule has 1 amide bonds. The summed E-state index contributed by atoms with van der Waals surface area (Å²) in [7, 11) is 1.61. The van der Waals surface area contributed by atoms with Crippen LogP contribution in [0.3, 0.4) is 0 Å². The number of nitro groups is 1. The van der Waals surface area contributed by atoms with E-state index >= 15 is 0 Å². The van der Waals surface area contributed by atoms with Crippen LogP contribution < -0.4 is 15.4 Å². The largest absolute Gasteiger partial charge is 0.497 e. The topological polar surface area (TPSA) is 134 Å². The Morgan fingerprint density at radius 1 is 1.26 bits per heavy atom. The van der Waals surface area contributed by atoms with E-state index < -0.39 is 10.8 Å². The van der Waals surface area contributed by atoms with Crippen molar-refractivity contribution in [1.29, 1.82) is 5.26 Å². The van der Waals surface area contributed by atoms with E-state index in [0.717, 1.165) is 11.3 Å². The maximum atomic E-state index is 13.3. The Morgan fingerprint density at radius 3 is 2.67 bits per heavy atom. The van der Waals surface area contributed by atoms with Gasteiger partial charge in [-0.2, -0.15) is 5.26 Å². The highest BCUT2D eigenvalue weighted by atomic mass is 32.2. The van der Waals surface area contributed by atoms with Crippen LogP contribution in [0.2, 0.25) is 0 Å². The zero-order valence-corrected chi connectivity index (χ0v) is 22.9. The molecule has 0 saturated heterocycles. The number of rotatable bonds is 9. The van der Waals surface area contributed by atoms with Crippen LogP contribution in [0.1, 0.15) is 43.7 Å². The van der Waals surface area contributed by atoms with E-state index in [1.165, 1.54) is 23.9 Å². The van der Waals surface area contributed by atoms with E-state index in [0.29, 0.717) is 47.7 Å². The summed E-state index contributed by atoms with van der Waals surface area (Å²) in [4.78, 5) is 36.9. The number of nitro benzene ring substituents is 1. The maximum Gasteiger partial charge on any atom is 0.269 e. The van der Waals surface area contributed by atoms with Gasteiger partial charge in [-0.15, -0.1) is 0 Å². The van der Waals surface area contributed by atoms with Crippen molar-refractivity contribution in [3.05, 3.63) is 91.6 Å². The van der Waals surface area contributed by atoms with Gasteiger partial charge in [0.05, 0.1) is 40.4 Å². The van der Waals surface area contributed by atoms with Crippen LogP contribution in [0, 0.1) is 26.9 Å². The number of hydrogen-bond donors (Lipinski definition) is 2. The number of Topliss-reactive ketones (excluding diaryl/α,β-unsaturated/α-hetero) is 1. The average molecular weight is 547 g/mol. The molecule has 2 aromatic rings. The van der Waals surface area contributed by atoms with E-state index in [1.54, 1.807) is 19.2 Å². The molecule has 1 aliphatic carbocycles. The summed E-state index contributed by atoms with van der Waals surface area (Å²) in [6.45, 7) is 4.47. The molecule has 0 bridgehead atoms. The highest BCUT2D eigenvalue weighted by Gasteiger charge is 2.42. The molecule has 0 aromatic heterocycles. The summed E-state index contributed by atoms with van der Waals surface area (Å²) < 4.78 is 5.16. The van der Waals surface area contributed by atoms with E-state index in [-0.39, 0.29) is 34.1 Å². The van der Waals surface area contributed by atoms with Crippen LogP contribution in [0.5, 0.6) is 5.75 Å². The summed E-state index contributed by atoms with van der Waals surface area (Å²) in [6, 6.07) is 15.9. The average Bonchev–Trinajstić information content (AvgIpc) is 2.90. The molecule has 2 aromatic carbocycles. The van der Waals surface area contributed by atoms with Crippen molar-refractivity contribution in [3.8, 4) is 11.8 Å². The number of carbonyl (C=O) groups excluding carboxylic acids is 2. The Morgan fingerprint density at radius 2 is 2.00 bits per heavy atom. The van der Waals surface area contributed by atoms with Crippen LogP contribution in [-0.4, -0.2) is 36.0 Å². The lowest BCUT2D eigenvalue weighted by Crippen LogP contribution is -2.37. The number of ether oxygens (including phenoxy) is 1. The van der Waals surface area contributed by atoms with E-state index in [4.69, 9.17) is 4.74 Å². The second-order valence-corrected chi connectivity index (χ2v) is 11.3. The number of amides is 1. The van der Waals surface area contributed by atoms with Gasteiger partial charge >= 0.3 is 0 Å². The summed E-state index contributed by atoms with van der Waals surface area (Å²) in [5, 5.41) is 28.3. The molecule has 202 valence electrons. The number of ketones is 1. The van der Waals surface area contributed by atoms with Gasteiger partial charge in [-0.3, -0.25) is 19.7 Å². The fourth-order valence-electron chi connectivity index (χ4n) is 4.97. The molecular weight excluding hydrogens is 516 g/mol. The molecule has 10 heteroatoms. The molecule has 0 saturated carbocycles. The number of carbonyl (C=O) groups is 2. The van der Waals surface area contributed by atoms with Crippen molar-refractivity contribution < 1.29 is 19.2 Å². The predicted molar refractivity (Wildman–Crippen MR) is 149 cm³/mol. The quantitative estimate of drug-likeness (QED) is 0.340. The summed E-state index contributed by atoms with van der Waals surface area (Å²) in [5.74, 6) is -0.177. The molecular formula is C29H30N4O5S. The van der Waals surface area contributed by atoms with Gasteiger partial charge in [-0.25, -0.2) is 0 Å². The van der Waals surface area contributed by atoms with Crippen molar-refractivity contribution in [2.24, 2.45) is 5.41 Å². The number of methoxy groups -OCH3 is 1. The molecule has 0 fully saturated rings. The first-order valence-electron chi connectivity index (χ1n) is 12.6. The molecule has 2 aliphatic rings. The van der Waals surface area contributed by atoms with Crippen LogP contribution in [0.4, 0.5) is 5.69 Å². The zero-order chi connectivity index (χ0) is 28.2. The van der Waals surface area contributed by atoms with Gasteiger partial charge in [-0.05, 0) is 41.5 Å². The van der Waals surface area contributed by atoms with Gasteiger partial charge in [0.2, 0.25) is 5.91 Å². The first-order chi connectivity index (χ1) is 18.6. The SMILES string of the molecule is COc1ccc(CCNC(=O)CSC2=C(C#N)[C@@H](c3cccc([N+](=O)[O-])c3)C3=C(CC(C)(C)CC3=O)N2)cc1. The molecule has 0 unspecified atom stereocenters. The van der Waals surface area contributed by atoms with Crippen LogP contribution in [0.25, 0.3) is 0 Å². The van der Waals surface area contributed by atoms with E-state index in [1.807, 2.05) is 38.1 Å². The summed E-state index contributed by atoms with van der Waals surface area (Å²) >= 11 is 1.19. The standard InChI is InChI=1S/C29H30N4O5S/c1-29(2)14-23-27(24(34)15-29)26(19-5-4-6-20(13-19)33(36)37)22(16-30)28(32-23)39-17-25(35)31-12-11-18-7-9-21(38-3)10-8-18/h4-10,13,26,32H,11-12,14-15,17H2,1-3H3,(H,31,35)/t26-/m1/s1. The summed E-state index contributed by atoms with van der Waals surface area (Å²) in [6.07, 6.45) is 1.56.